The van der Waals surface area contributed by atoms with Gasteiger partial charge in [0.1, 0.15) is 11.5 Å². The standard InChI is InChI=1S/C18H19FN2O4/c19-12-3-4-13-14(18(23)24)11-16(20-15(13)10-12)17(22)2-1-5-21-6-8-25-9-7-21/h3-4,10-11H,1-2,5-9H2,(H,23,24). The van der Waals surface area contributed by atoms with Crippen molar-refractivity contribution < 1.29 is 23.8 Å². The number of ether oxygens (including phenoxy) is 1. The van der Waals surface area contributed by atoms with Gasteiger partial charge in [0.25, 0.3) is 0 Å². The molecule has 1 aliphatic heterocycles. The molecule has 0 radical (unpaired) electrons. The number of nitrogens with zero attached hydrogens (tertiary/aromatic N) is 2. The zero-order valence-electron chi connectivity index (χ0n) is 13.7. The SMILES string of the molecule is O=C(CCCN1CCOCC1)c1cc(C(=O)O)c2ccc(F)cc2n1. The van der Waals surface area contributed by atoms with Gasteiger partial charge >= 0.3 is 5.97 Å². The maximum Gasteiger partial charge on any atom is 0.336 e. The summed E-state index contributed by atoms with van der Waals surface area (Å²) in [4.78, 5) is 30.2. The van der Waals surface area contributed by atoms with Crippen LogP contribution in [0.3, 0.4) is 0 Å². The summed E-state index contributed by atoms with van der Waals surface area (Å²) in [7, 11) is 0. The number of hydrogen-bond donors (Lipinski definition) is 1. The molecule has 0 unspecified atom stereocenters. The molecule has 1 saturated heterocycles. The van der Waals surface area contributed by atoms with Gasteiger partial charge in [-0.1, -0.05) is 0 Å². The van der Waals surface area contributed by atoms with Crippen molar-refractivity contribution >= 4 is 22.7 Å². The van der Waals surface area contributed by atoms with E-state index in [9.17, 15) is 19.1 Å². The van der Waals surface area contributed by atoms with Crippen LogP contribution in [0.15, 0.2) is 24.3 Å². The number of rotatable bonds is 6. The molecule has 0 spiro atoms. The largest absolute Gasteiger partial charge is 0.478 e. The van der Waals surface area contributed by atoms with Crippen LogP contribution in [0.25, 0.3) is 10.9 Å². The number of ketones is 1. The molecule has 1 aliphatic rings. The van der Waals surface area contributed by atoms with E-state index in [-0.39, 0.29) is 29.0 Å². The summed E-state index contributed by atoms with van der Waals surface area (Å²) in [5.41, 5.74) is 0.204. The van der Waals surface area contributed by atoms with Gasteiger partial charge in [-0.2, -0.15) is 0 Å². The number of aromatic nitrogens is 1. The summed E-state index contributed by atoms with van der Waals surface area (Å²) < 4.78 is 18.7. The maximum atomic E-state index is 13.4. The quantitative estimate of drug-likeness (QED) is 0.809. The molecule has 2 heterocycles. The number of carbonyl (C=O) groups excluding carboxylic acids is 1. The molecule has 6 nitrogen and oxygen atoms in total. The summed E-state index contributed by atoms with van der Waals surface area (Å²) in [6.07, 6.45) is 0.925. The van der Waals surface area contributed by atoms with E-state index in [0.717, 1.165) is 25.7 Å². The van der Waals surface area contributed by atoms with Crippen LogP contribution in [0.2, 0.25) is 0 Å². The first-order valence-electron chi connectivity index (χ1n) is 8.21. The molecule has 0 atom stereocenters. The van der Waals surface area contributed by atoms with Crippen molar-refractivity contribution in [1.82, 2.24) is 9.88 Å². The third-order valence-electron chi connectivity index (χ3n) is 4.27. The number of carboxylic acid groups (broad SMARTS) is 1. The average Bonchev–Trinajstić information content (AvgIpc) is 2.61. The van der Waals surface area contributed by atoms with E-state index < -0.39 is 11.8 Å². The third kappa shape index (κ3) is 4.18. The van der Waals surface area contributed by atoms with Crippen LogP contribution in [0.4, 0.5) is 4.39 Å². The van der Waals surface area contributed by atoms with Crippen molar-refractivity contribution in [3.8, 4) is 0 Å². The lowest BCUT2D eigenvalue weighted by Crippen LogP contribution is -2.36. The molecule has 0 aliphatic carbocycles. The Balaban J connectivity index is 1.75. The number of aromatic carboxylic acids is 1. The first-order chi connectivity index (χ1) is 12.0. The highest BCUT2D eigenvalue weighted by atomic mass is 19.1. The Kier molecular flexibility index (Phi) is 5.35. The van der Waals surface area contributed by atoms with E-state index in [1.54, 1.807) is 0 Å². The van der Waals surface area contributed by atoms with Crippen molar-refractivity contribution in [3.05, 3.63) is 41.3 Å². The van der Waals surface area contributed by atoms with E-state index in [4.69, 9.17) is 4.74 Å². The molecule has 1 N–H and O–H groups in total. The zero-order valence-corrected chi connectivity index (χ0v) is 13.7. The molecule has 7 heteroatoms. The lowest BCUT2D eigenvalue weighted by Gasteiger charge is -2.26. The van der Waals surface area contributed by atoms with Crippen molar-refractivity contribution in [2.45, 2.75) is 12.8 Å². The van der Waals surface area contributed by atoms with Crippen LogP contribution in [-0.4, -0.2) is 59.6 Å². The smallest absolute Gasteiger partial charge is 0.336 e. The van der Waals surface area contributed by atoms with Crippen molar-refractivity contribution in [2.75, 3.05) is 32.8 Å². The third-order valence-corrected chi connectivity index (χ3v) is 4.27. The summed E-state index contributed by atoms with van der Waals surface area (Å²) in [5.74, 6) is -1.92. The van der Waals surface area contributed by atoms with Crippen molar-refractivity contribution in [2.24, 2.45) is 0 Å². The normalized spacial score (nSPS) is 15.4. The highest BCUT2D eigenvalue weighted by Gasteiger charge is 2.17. The van der Waals surface area contributed by atoms with E-state index in [2.05, 4.69) is 9.88 Å². The second-order valence-corrected chi connectivity index (χ2v) is 6.00. The molecule has 25 heavy (non-hydrogen) atoms. The Bertz CT molecular complexity index is 803. The molecule has 1 aromatic heterocycles. The predicted octanol–water partition coefficient (Wildman–Crippen LogP) is 2.37. The van der Waals surface area contributed by atoms with E-state index in [0.29, 0.717) is 25.0 Å². The van der Waals surface area contributed by atoms with Crippen molar-refractivity contribution in [1.29, 1.82) is 0 Å². The fraction of sp³-hybridized carbons (Fsp3) is 0.389. The second-order valence-electron chi connectivity index (χ2n) is 6.00. The Morgan fingerprint density at radius 2 is 2.00 bits per heavy atom. The number of morpholine rings is 1. The monoisotopic (exact) mass is 346 g/mol. The minimum Gasteiger partial charge on any atom is -0.478 e. The fourth-order valence-corrected chi connectivity index (χ4v) is 2.94. The van der Waals surface area contributed by atoms with Crippen LogP contribution in [0.1, 0.15) is 33.7 Å². The molecule has 0 bridgehead atoms. The van der Waals surface area contributed by atoms with Crippen LogP contribution in [-0.2, 0) is 4.74 Å². The summed E-state index contributed by atoms with van der Waals surface area (Å²) >= 11 is 0. The molecule has 132 valence electrons. The Morgan fingerprint density at radius 1 is 1.24 bits per heavy atom. The minimum absolute atomic E-state index is 0.0403. The maximum absolute atomic E-state index is 13.4. The zero-order chi connectivity index (χ0) is 17.8. The number of carboxylic acids is 1. The second kappa shape index (κ2) is 7.67. The van der Waals surface area contributed by atoms with Gasteiger partial charge in [0.15, 0.2) is 5.78 Å². The number of carbonyl (C=O) groups is 2. The van der Waals surface area contributed by atoms with E-state index in [1.807, 2.05) is 0 Å². The number of fused-ring (bicyclic) bond motifs is 1. The van der Waals surface area contributed by atoms with E-state index >= 15 is 0 Å². The highest BCUT2D eigenvalue weighted by molar-refractivity contribution is 6.06. The van der Waals surface area contributed by atoms with Crippen LogP contribution in [0, 0.1) is 5.82 Å². The lowest BCUT2D eigenvalue weighted by atomic mass is 10.0. The molecule has 0 amide bonds. The molecule has 0 saturated carbocycles. The topological polar surface area (TPSA) is 79.7 Å². The van der Waals surface area contributed by atoms with Gasteiger partial charge in [0.05, 0.1) is 24.3 Å². The molecular weight excluding hydrogens is 327 g/mol. The molecule has 2 aromatic rings. The van der Waals surface area contributed by atoms with Gasteiger partial charge in [-0.3, -0.25) is 9.69 Å². The first kappa shape index (κ1) is 17.4. The summed E-state index contributed by atoms with van der Waals surface area (Å²) in [6.45, 7) is 3.89. The van der Waals surface area contributed by atoms with Gasteiger partial charge < -0.3 is 9.84 Å². The fourth-order valence-electron chi connectivity index (χ4n) is 2.94. The summed E-state index contributed by atoms with van der Waals surface area (Å²) in [6, 6.07) is 4.97. The summed E-state index contributed by atoms with van der Waals surface area (Å²) in [5, 5.41) is 9.67. The number of halogens is 1. The van der Waals surface area contributed by atoms with Gasteiger partial charge in [0.2, 0.25) is 0 Å². The molecular formula is C18H19FN2O4. The number of pyridine rings is 1. The molecule has 1 aromatic carbocycles. The van der Waals surface area contributed by atoms with Crippen LogP contribution in [0.5, 0.6) is 0 Å². The average molecular weight is 346 g/mol. The Morgan fingerprint density at radius 3 is 2.72 bits per heavy atom. The van der Waals surface area contributed by atoms with Crippen LogP contribution < -0.4 is 0 Å². The predicted molar refractivity (Wildman–Crippen MR) is 89.5 cm³/mol. The molecule has 3 rings (SSSR count). The molecule has 1 fully saturated rings. The number of Topliss-reactive ketones (excluding diaryl/α,β-unsaturated/α-hetero) is 1. The van der Waals surface area contributed by atoms with Crippen LogP contribution >= 0.6 is 0 Å². The number of hydrogen-bond acceptors (Lipinski definition) is 5. The van der Waals surface area contributed by atoms with Crippen molar-refractivity contribution in [3.63, 3.8) is 0 Å². The van der Waals surface area contributed by atoms with Gasteiger partial charge in [-0.15, -0.1) is 0 Å². The van der Waals surface area contributed by atoms with Gasteiger partial charge in [-0.25, -0.2) is 14.2 Å². The number of benzene rings is 1. The Hall–Kier alpha value is -2.38. The van der Waals surface area contributed by atoms with Gasteiger partial charge in [-0.05, 0) is 31.2 Å². The first-order valence-corrected chi connectivity index (χ1v) is 8.21. The van der Waals surface area contributed by atoms with E-state index in [1.165, 1.54) is 18.2 Å². The lowest BCUT2D eigenvalue weighted by molar-refractivity contribution is 0.0371. The minimum atomic E-state index is -1.17. The Labute approximate surface area is 144 Å². The van der Waals surface area contributed by atoms with Gasteiger partial charge in [0, 0.05) is 31.0 Å². The highest BCUT2D eigenvalue weighted by Crippen LogP contribution is 2.21.